The molecule has 7 nitrogen and oxygen atoms in total. The van der Waals surface area contributed by atoms with E-state index in [-0.39, 0.29) is 12.6 Å². The molecular weight excluding hydrogens is 272 g/mol. The van der Waals surface area contributed by atoms with E-state index in [9.17, 15) is 9.90 Å². The van der Waals surface area contributed by atoms with E-state index < -0.39 is 11.6 Å². The molecular formula is C14H20N4O3. The average Bonchev–Trinajstić information content (AvgIpc) is 3.07. The second-order valence-electron chi connectivity index (χ2n) is 5.31. The van der Waals surface area contributed by atoms with Crippen LogP contribution in [-0.4, -0.2) is 27.5 Å². The molecule has 0 spiro atoms. The van der Waals surface area contributed by atoms with Gasteiger partial charge in [0.1, 0.15) is 17.2 Å². The maximum atomic E-state index is 11.9. The van der Waals surface area contributed by atoms with Crippen molar-refractivity contribution in [2.75, 3.05) is 11.9 Å². The first-order valence-corrected chi connectivity index (χ1v) is 6.75. The van der Waals surface area contributed by atoms with Crippen LogP contribution in [0.2, 0.25) is 0 Å². The van der Waals surface area contributed by atoms with E-state index in [1.807, 2.05) is 13.8 Å². The summed E-state index contributed by atoms with van der Waals surface area (Å²) in [7, 11) is 0. The molecule has 0 aliphatic carbocycles. The van der Waals surface area contributed by atoms with Crippen LogP contribution in [0, 0.1) is 0 Å². The van der Waals surface area contributed by atoms with Crippen LogP contribution in [0.4, 0.5) is 10.6 Å². The third-order valence-corrected chi connectivity index (χ3v) is 3.05. The average molecular weight is 292 g/mol. The number of hydrogen-bond acceptors (Lipinski definition) is 4. The monoisotopic (exact) mass is 292 g/mol. The molecule has 21 heavy (non-hydrogen) atoms. The van der Waals surface area contributed by atoms with Crippen LogP contribution in [0.15, 0.2) is 35.1 Å². The van der Waals surface area contributed by atoms with Gasteiger partial charge in [0.2, 0.25) is 0 Å². The summed E-state index contributed by atoms with van der Waals surface area (Å²) >= 11 is 0. The summed E-state index contributed by atoms with van der Waals surface area (Å²) in [6, 6.07) is 4.79. The zero-order valence-electron chi connectivity index (χ0n) is 12.3. The van der Waals surface area contributed by atoms with E-state index in [4.69, 9.17) is 4.42 Å². The molecule has 0 saturated heterocycles. The van der Waals surface area contributed by atoms with Crippen molar-refractivity contribution < 1.29 is 14.3 Å². The smallest absolute Gasteiger partial charge is 0.320 e. The second-order valence-corrected chi connectivity index (χ2v) is 5.31. The Hall–Kier alpha value is -2.28. The highest BCUT2D eigenvalue weighted by molar-refractivity contribution is 5.88. The number of aliphatic hydroxyl groups is 1. The lowest BCUT2D eigenvalue weighted by molar-refractivity contribution is 0.0372. The van der Waals surface area contributed by atoms with Crippen LogP contribution < -0.4 is 10.6 Å². The first-order chi connectivity index (χ1) is 9.90. The Balaban J connectivity index is 1.92. The molecule has 114 valence electrons. The largest absolute Gasteiger partial charge is 0.466 e. The Bertz CT molecular complexity index is 587. The second kappa shape index (κ2) is 6.01. The third kappa shape index (κ3) is 3.63. The molecule has 1 atom stereocenters. The summed E-state index contributed by atoms with van der Waals surface area (Å²) in [6.07, 6.45) is 3.10. The fraction of sp³-hybridized carbons (Fsp3) is 0.429. The van der Waals surface area contributed by atoms with E-state index in [1.54, 1.807) is 36.0 Å². The Morgan fingerprint density at radius 2 is 2.29 bits per heavy atom. The molecule has 0 radical (unpaired) electrons. The number of urea groups is 1. The van der Waals surface area contributed by atoms with E-state index in [0.717, 1.165) is 0 Å². The standard InChI is InChI=1S/C14H20N4O3/c1-10(2)18-12(6-7-16-18)17-13(19)15-9-14(3,20)11-5-4-8-21-11/h4-8,10,20H,9H2,1-3H3,(H2,15,17,19). The van der Waals surface area contributed by atoms with Crippen molar-refractivity contribution in [1.82, 2.24) is 15.1 Å². The van der Waals surface area contributed by atoms with Gasteiger partial charge in [-0.1, -0.05) is 0 Å². The van der Waals surface area contributed by atoms with Crippen molar-refractivity contribution in [2.45, 2.75) is 32.4 Å². The lowest BCUT2D eigenvalue weighted by Gasteiger charge is -2.21. The number of anilines is 1. The Morgan fingerprint density at radius 3 is 2.90 bits per heavy atom. The Morgan fingerprint density at radius 1 is 1.52 bits per heavy atom. The van der Waals surface area contributed by atoms with Crippen LogP contribution in [0.1, 0.15) is 32.6 Å². The lowest BCUT2D eigenvalue weighted by atomic mass is 10.0. The van der Waals surface area contributed by atoms with Crippen molar-refractivity contribution in [1.29, 1.82) is 0 Å². The summed E-state index contributed by atoms with van der Waals surface area (Å²) in [5, 5.41) is 19.7. The first kappa shape index (κ1) is 15.1. The summed E-state index contributed by atoms with van der Waals surface area (Å²) in [6.45, 7) is 5.54. The minimum absolute atomic E-state index is 0.0299. The van der Waals surface area contributed by atoms with Crippen LogP contribution in [0.5, 0.6) is 0 Å². The molecule has 3 N–H and O–H groups in total. The SMILES string of the molecule is CC(C)n1nccc1NC(=O)NCC(C)(O)c1ccco1. The molecule has 7 heteroatoms. The van der Waals surface area contributed by atoms with Gasteiger partial charge in [-0.15, -0.1) is 0 Å². The van der Waals surface area contributed by atoms with Crippen molar-refractivity contribution >= 4 is 11.8 Å². The van der Waals surface area contributed by atoms with Gasteiger partial charge in [0, 0.05) is 12.1 Å². The highest BCUT2D eigenvalue weighted by Crippen LogP contribution is 2.20. The number of carbonyl (C=O) groups is 1. The minimum Gasteiger partial charge on any atom is -0.466 e. The van der Waals surface area contributed by atoms with Crippen LogP contribution in [0.3, 0.4) is 0 Å². The molecule has 0 bridgehead atoms. The zero-order valence-corrected chi connectivity index (χ0v) is 12.3. The highest BCUT2D eigenvalue weighted by Gasteiger charge is 2.26. The number of nitrogens with zero attached hydrogens (tertiary/aromatic N) is 2. The topological polar surface area (TPSA) is 92.3 Å². The van der Waals surface area contributed by atoms with Gasteiger partial charge in [0.15, 0.2) is 0 Å². The number of furan rings is 1. The number of hydrogen-bond donors (Lipinski definition) is 3. The van der Waals surface area contributed by atoms with Gasteiger partial charge in [0.25, 0.3) is 0 Å². The number of aromatic nitrogens is 2. The molecule has 0 saturated carbocycles. The molecule has 1 unspecified atom stereocenters. The predicted molar refractivity (Wildman–Crippen MR) is 77.9 cm³/mol. The maximum absolute atomic E-state index is 11.9. The molecule has 2 aromatic heterocycles. The quantitative estimate of drug-likeness (QED) is 0.786. The van der Waals surface area contributed by atoms with Crippen molar-refractivity contribution in [2.24, 2.45) is 0 Å². The summed E-state index contributed by atoms with van der Waals surface area (Å²) in [5.74, 6) is 0.996. The van der Waals surface area contributed by atoms with Gasteiger partial charge < -0.3 is 14.8 Å². The third-order valence-electron chi connectivity index (χ3n) is 3.05. The van der Waals surface area contributed by atoms with Gasteiger partial charge in [-0.2, -0.15) is 5.10 Å². The van der Waals surface area contributed by atoms with Crippen LogP contribution in [0.25, 0.3) is 0 Å². The van der Waals surface area contributed by atoms with Gasteiger partial charge in [-0.25, -0.2) is 9.48 Å². The molecule has 2 rings (SSSR count). The van der Waals surface area contributed by atoms with Crippen molar-refractivity contribution in [3.8, 4) is 0 Å². The minimum atomic E-state index is -1.26. The molecule has 0 aromatic carbocycles. The highest BCUT2D eigenvalue weighted by atomic mass is 16.4. The fourth-order valence-electron chi connectivity index (χ4n) is 1.91. The molecule has 2 heterocycles. The van der Waals surface area contributed by atoms with E-state index >= 15 is 0 Å². The normalized spacial score (nSPS) is 14.0. The number of rotatable bonds is 5. The Kier molecular flexibility index (Phi) is 4.32. The van der Waals surface area contributed by atoms with Gasteiger partial charge in [-0.3, -0.25) is 5.32 Å². The van der Waals surface area contributed by atoms with Crippen LogP contribution >= 0.6 is 0 Å². The van der Waals surface area contributed by atoms with Gasteiger partial charge in [0.05, 0.1) is 19.0 Å². The Labute approximate surface area is 123 Å². The molecule has 0 aliphatic heterocycles. The van der Waals surface area contributed by atoms with Crippen LogP contribution in [-0.2, 0) is 5.60 Å². The fourth-order valence-corrected chi connectivity index (χ4v) is 1.91. The predicted octanol–water partition coefficient (Wildman–Crippen LogP) is 2.09. The zero-order chi connectivity index (χ0) is 15.5. The maximum Gasteiger partial charge on any atom is 0.320 e. The van der Waals surface area contributed by atoms with E-state index in [0.29, 0.717) is 11.6 Å². The molecule has 2 amide bonds. The van der Waals surface area contributed by atoms with Gasteiger partial charge >= 0.3 is 6.03 Å². The summed E-state index contributed by atoms with van der Waals surface area (Å²) in [5.41, 5.74) is -1.26. The number of nitrogens with one attached hydrogen (secondary N) is 2. The number of amides is 2. The summed E-state index contributed by atoms with van der Waals surface area (Å²) < 4.78 is 6.85. The molecule has 0 aliphatic rings. The van der Waals surface area contributed by atoms with Crippen molar-refractivity contribution in [3.05, 3.63) is 36.4 Å². The van der Waals surface area contributed by atoms with Gasteiger partial charge in [-0.05, 0) is 32.9 Å². The first-order valence-electron chi connectivity index (χ1n) is 6.75. The van der Waals surface area contributed by atoms with E-state index in [2.05, 4.69) is 15.7 Å². The van der Waals surface area contributed by atoms with Crippen molar-refractivity contribution in [3.63, 3.8) is 0 Å². The lowest BCUT2D eigenvalue weighted by Crippen LogP contribution is -2.40. The molecule has 0 fully saturated rings. The number of carbonyl (C=O) groups excluding carboxylic acids is 1. The summed E-state index contributed by atoms with van der Waals surface area (Å²) in [4.78, 5) is 11.9. The van der Waals surface area contributed by atoms with E-state index in [1.165, 1.54) is 6.26 Å². The molecule has 2 aromatic rings.